The molecule has 1 atom stereocenters. The summed E-state index contributed by atoms with van der Waals surface area (Å²) < 4.78 is 66.3. The van der Waals surface area contributed by atoms with Crippen LogP contribution in [0.1, 0.15) is 19.3 Å². The smallest absolute Gasteiger partial charge is 0.392 e. The number of aromatic amines is 1. The van der Waals surface area contributed by atoms with E-state index in [4.69, 9.17) is 4.74 Å². The van der Waals surface area contributed by atoms with Crippen molar-refractivity contribution in [1.29, 1.82) is 0 Å². The van der Waals surface area contributed by atoms with Crippen molar-refractivity contribution in [2.24, 2.45) is 0 Å². The number of nitrogens with zero attached hydrogens (tertiary/aromatic N) is 6. The normalized spacial score (nSPS) is 17.0. The summed E-state index contributed by atoms with van der Waals surface area (Å²) in [5, 5.41) is 14.0. The average Bonchev–Trinajstić information content (AvgIpc) is 3.38. The molecular formula is C17H20F3N8O3S-. The number of rotatable bonds is 8. The maximum Gasteiger partial charge on any atom is 0.392 e. The molecule has 3 aromatic rings. The Morgan fingerprint density at radius 3 is 2.78 bits per heavy atom. The third kappa shape index (κ3) is 5.52. The van der Waals surface area contributed by atoms with Crippen molar-refractivity contribution >= 4 is 22.7 Å². The Bertz CT molecular complexity index is 1070. The third-order valence-electron chi connectivity index (χ3n) is 4.96. The van der Waals surface area contributed by atoms with Gasteiger partial charge in [-0.25, -0.2) is 4.98 Å². The number of halogens is 3. The molecule has 1 saturated heterocycles. The van der Waals surface area contributed by atoms with Crippen LogP contribution in [-0.4, -0.2) is 81.2 Å². The highest BCUT2D eigenvalue weighted by Crippen LogP contribution is 2.32. The van der Waals surface area contributed by atoms with E-state index in [0.29, 0.717) is 37.2 Å². The SMILES string of the molecule is O=S([O-])CN1CCC(Nc2nc3c(OCCC(F)(F)F)c(-c4cn[nH]c4)ncn3n2)CC1. The van der Waals surface area contributed by atoms with Crippen LogP contribution < -0.4 is 10.1 Å². The molecule has 1 aliphatic rings. The number of hydrogen-bond acceptors (Lipinski definition) is 9. The molecule has 1 unspecified atom stereocenters. The molecule has 0 bridgehead atoms. The van der Waals surface area contributed by atoms with Crippen molar-refractivity contribution in [3.05, 3.63) is 18.7 Å². The predicted octanol–water partition coefficient (Wildman–Crippen LogP) is 1.56. The van der Waals surface area contributed by atoms with Crippen molar-refractivity contribution in [3.63, 3.8) is 0 Å². The molecular weight excluding hydrogens is 453 g/mol. The van der Waals surface area contributed by atoms with Gasteiger partial charge < -0.3 is 14.6 Å². The van der Waals surface area contributed by atoms with Gasteiger partial charge in [0.2, 0.25) is 11.6 Å². The molecule has 32 heavy (non-hydrogen) atoms. The van der Waals surface area contributed by atoms with Crippen molar-refractivity contribution in [3.8, 4) is 17.0 Å². The van der Waals surface area contributed by atoms with Crippen LogP contribution >= 0.6 is 0 Å². The molecule has 0 aromatic carbocycles. The van der Waals surface area contributed by atoms with Crippen molar-refractivity contribution in [2.75, 3.05) is 30.9 Å². The summed E-state index contributed by atoms with van der Waals surface area (Å²) in [7, 11) is 0. The highest BCUT2D eigenvalue weighted by Gasteiger charge is 2.28. The topological polar surface area (TPSA) is 136 Å². The second-order valence-corrected chi connectivity index (χ2v) is 8.16. The molecule has 1 fully saturated rings. The largest absolute Gasteiger partial charge is 0.771 e. The van der Waals surface area contributed by atoms with Gasteiger partial charge in [-0.2, -0.15) is 27.8 Å². The fourth-order valence-corrected chi connectivity index (χ4v) is 3.98. The molecule has 0 spiro atoms. The highest BCUT2D eigenvalue weighted by molar-refractivity contribution is 7.79. The Kier molecular flexibility index (Phi) is 6.57. The number of alkyl halides is 3. The fourth-order valence-electron chi connectivity index (χ4n) is 3.42. The monoisotopic (exact) mass is 473 g/mol. The van der Waals surface area contributed by atoms with Gasteiger partial charge in [0.05, 0.1) is 25.1 Å². The first-order valence-corrected chi connectivity index (χ1v) is 11.0. The molecule has 3 aromatic heterocycles. The van der Waals surface area contributed by atoms with Gasteiger partial charge in [-0.15, -0.1) is 5.10 Å². The van der Waals surface area contributed by atoms with E-state index in [1.807, 2.05) is 4.90 Å². The summed E-state index contributed by atoms with van der Waals surface area (Å²) in [6.45, 7) is 0.624. The summed E-state index contributed by atoms with van der Waals surface area (Å²) in [4.78, 5) is 10.5. The Balaban J connectivity index is 1.53. The zero-order valence-electron chi connectivity index (χ0n) is 16.7. The lowest BCUT2D eigenvalue weighted by molar-refractivity contribution is -0.139. The van der Waals surface area contributed by atoms with Gasteiger partial charge >= 0.3 is 6.18 Å². The summed E-state index contributed by atoms with van der Waals surface area (Å²) in [5.41, 5.74) is 1.06. The van der Waals surface area contributed by atoms with E-state index < -0.39 is 30.3 Å². The van der Waals surface area contributed by atoms with Crippen LogP contribution in [0.2, 0.25) is 0 Å². The molecule has 4 heterocycles. The molecule has 1 aliphatic heterocycles. The first kappa shape index (κ1) is 22.4. The van der Waals surface area contributed by atoms with Crippen LogP contribution in [0.5, 0.6) is 5.75 Å². The number of piperidine rings is 1. The number of anilines is 1. The zero-order chi connectivity index (χ0) is 22.7. The maximum atomic E-state index is 12.6. The van der Waals surface area contributed by atoms with Gasteiger partial charge in [-0.1, -0.05) is 0 Å². The molecule has 2 N–H and O–H groups in total. The molecule has 174 valence electrons. The maximum absolute atomic E-state index is 12.6. The Morgan fingerprint density at radius 2 is 2.12 bits per heavy atom. The zero-order valence-corrected chi connectivity index (χ0v) is 17.5. The van der Waals surface area contributed by atoms with E-state index in [9.17, 15) is 21.9 Å². The number of hydrogen-bond donors (Lipinski definition) is 2. The molecule has 4 rings (SSSR count). The van der Waals surface area contributed by atoms with Crippen molar-refractivity contribution in [2.45, 2.75) is 31.5 Å². The first-order valence-electron chi connectivity index (χ1n) is 9.77. The van der Waals surface area contributed by atoms with Gasteiger partial charge in [0, 0.05) is 30.9 Å². The second-order valence-electron chi connectivity index (χ2n) is 7.30. The number of nitrogens with one attached hydrogen (secondary N) is 2. The van der Waals surface area contributed by atoms with E-state index in [0.717, 1.165) is 0 Å². The predicted molar refractivity (Wildman–Crippen MR) is 107 cm³/mol. The van der Waals surface area contributed by atoms with Crippen LogP contribution in [0, 0.1) is 0 Å². The summed E-state index contributed by atoms with van der Waals surface area (Å²) in [6.07, 6.45) is 0.341. The summed E-state index contributed by atoms with van der Waals surface area (Å²) in [6, 6.07) is 0.0275. The van der Waals surface area contributed by atoms with Gasteiger partial charge in [0.15, 0.2) is 5.75 Å². The highest BCUT2D eigenvalue weighted by atomic mass is 32.2. The Morgan fingerprint density at radius 1 is 1.34 bits per heavy atom. The quantitative estimate of drug-likeness (QED) is 0.467. The lowest BCUT2D eigenvalue weighted by Gasteiger charge is -2.32. The number of H-pyrrole nitrogens is 1. The minimum absolute atomic E-state index is 0.000414. The van der Waals surface area contributed by atoms with Crippen molar-refractivity contribution < 1.29 is 26.7 Å². The van der Waals surface area contributed by atoms with Gasteiger partial charge in [0.25, 0.3) is 0 Å². The van der Waals surface area contributed by atoms with Crippen LogP contribution in [0.4, 0.5) is 19.1 Å². The van der Waals surface area contributed by atoms with Crippen LogP contribution in [0.3, 0.4) is 0 Å². The van der Waals surface area contributed by atoms with Crippen LogP contribution in [0.15, 0.2) is 18.7 Å². The molecule has 0 saturated carbocycles. The van der Waals surface area contributed by atoms with E-state index >= 15 is 0 Å². The fraction of sp³-hybridized carbons (Fsp3) is 0.529. The Labute approximate surface area is 182 Å². The summed E-state index contributed by atoms with van der Waals surface area (Å²) >= 11 is -2.12. The van der Waals surface area contributed by atoms with E-state index in [1.165, 1.54) is 17.0 Å². The molecule has 0 radical (unpaired) electrons. The minimum Gasteiger partial charge on any atom is -0.771 e. The van der Waals surface area contributed by atoms with Gasteiger partial charge in [0.1, 0.15) is 12.0 Å². The molecule has 0 amide bonds. The minimum atomic E-state index is -4.36. The van der Waals surface area contributed by atoms with E-state index in [-0.39, 0.29) is 29.3 Å². The number of likely N-dealkylation sites (tertiary alicyclic amines) is 1. The molecule has 15 heteroatoms. The first-order chi connectivity index (χ1) is 15.3. The van der Waals surface area contributed by atoms with Crippen LogP contribution in [0.25, 0.3) is 16.9 Å². The lowest BCUT2D eigenvalue weighted by atomic mass is 10.1. The van der Waals surface area contributed by atoms with E-state index in [2.05, 4.69) is 30.6 Å². The molecule has 0 aliphatic carbocycles. The van der Waals surface area contributed by atoms with Crippen molar-refractivity contribution in [1.82, 2.24) is 34.7 Å². The number of fused-ring (bicyclic) bond motifs is 1. The van der Waals surface area contributed by atoms with Gasteiger partial charge in [-0.05, 0) is 23.9 Å². The third-order valence-corrected chi connectivity index (χ3v) is 5.53. The second kappa shape index (κ2) is 9.38. The molecule has 11 nitrogen and oxygen atoms in total. The van der Waals surface area contributed by atoms with Gasteiger partial charge in [-0.3, -0.25) is 14.2 Å². The Hall–Kier alpha value is -2.78. The standard InChI is InChI=1S/C17H21F3N8O3S/c18-17(19,20)3-6-31-14-13(11-7-22-23-8-11)21-9-28-15(14)25-16(26-28)24-12-1-4-27(5-2-12)10-32(29)30/h7-9,12H,1-6,10H2,(H,22,23)(H,24,26)(H,29,30)/p-1. The lowest BCUT2D eigenvalue weighted by Crippen LogP contribution is -2.40. The number of ether oxygens (including phenoxy) is 1. The van der Waals surface area contributed by atoms with Crippen LogP contribution in [-0.2, 0) is 11.1 Å². The average molecular weight is 473 g/mol. The summed E-state index contributed by atoms with van der Waals surface area (Å²) in [5.74, 6) is 0.356. The van der Waals surface area contributed by atoms with E-state index in [1.54, 1.807) is 6.20 Å². The number of aromatic nitrogens is 6.